The molecule has 108 valence electrons. The van der Waals surface area contributed by atoms with Gasteiger partial charge in [0.25, 0.3) is 0 Å². The van der Waals surface area contributed by atoms with E-state index in [1.807, 2.05) is 19.2 Å². The molecular formula is C14H15N5O2. The van der Waals surface area contributed by atoms with Crippen LogP contribution >= 0.6 is 0 Å². The molecule has 3 rings (SSSR count). The Hall–Kier alpha value is -2.67. The van der Waals surface area contributed by atoms with Crippen molar-refractivity contribution in [1.29, 1.82) is 0 Å². The Bertz CT molecular complexity index is 732. The number of phenolic OH excluding ortho intramolecular Hbond substituents is 1. The normalized spacial score (nSPS) is 12.5. The number of nitrogens with two attached hydrogens (primary N) is 1. The average Bonchev–Trinajstić information content (AvgIpc) is 3.10. The first kappa shape index (κ1) is 13.3. The molecule has 2 heterocycles. The van der Waals surface area contributed by atoms with Crippen LogP contribution in [0.5, 0.6) is 5.75 Å². The predicted molar refractivity (Wildman–Crippen MR) is 75.2 cm³/mol. The first-order valence-electron chi connectivity index (χ1n) is 6.48. The van der Waals surface area contributed by atoms with E-state index < -0.39 is 6.04 Å². The topological polar surface area (TPSA) is 103 Å². The number of aromatic hydroxyl groups is 1. The molecule has 0 bridgehead atoms. The third-order valence-electron chi connectivity index (χ3n) is 3.11. The summed E-state index contributed by atoms with van der Waals surface area (Å²) < 4.78 is 6.88. The molecule has 21 heavy (non-hydrogen) atoms. The van der Waals surface area contributed by atoms with E-state index in [0.717, 1.165) is 11.1 Å². The van der Waals surface area contributed by atoms with Crippen molar-refractivity contribution in [3.63, 3.8) is 0 Å². The van der Waals surface area contributed by atoms with Gasteiger partial charge in [0, 0.05) is 13.2 Å². The Morgan fingerprint density at radius 3 is 2.76 bits per heavy atom. The molecule has 2 aromatic heterocycles. The molecule has 0 saturated heterocycles. The third-order valence-corrected chi connectivity index (χ3v) is 3.11. The molecule has 1 unspecified atom stereocenters. The molecule has 0 fully saturated rings. The number of benzene rings is 1. The van der Waals surface area contributed by atoms with Gasteiger partial charge in [0.2, 0.25) is 11.7 Å². The molecule has 0 aliphatic heterocycles. The first-order valence-corrected chi connectivity index (χ1v) is 6.48. The largest absolute Gasteiger partial charge is 0.508 e. The molecule has 7 nitrogen and oxygen atoms in total. The van der Waals surface area contributed by atoms with Crippen LogP contribution in [0.4, 0.5) is 0 Å². The van der Waals surface area contributed by atoms with Crippen LogP contribution in [0, 0.1) is 0 Å². The van der Waals surface area contributed by atoms with Gasteiger partial charge in [-0.05, 0) is 24.1 Å². The van der Waals surface area contributed by atoms with Crippen LogP contribution in [0.1, 0.15) is 17.5 Å². The molecule has 0 amide bonds. The Balaban J connectivity index is 1.74. The highest BCUT2D eigenvalue weighted by atomic mass is 16.5. The second-order valence-electron chi connectivity index (χ2n) is 4.84. The minimum Gasteiger partial charge on any atom is -0.508 e. The lowest BCUT2D eigenvalue weighted by molar-refractivity contribution is 0.354. The summed E-state index contributed by atoms with van der Waals surface area (Å²) in [6.07, 6.45) is 4.02. The lowest BCUT2D eigenvalue weighted by Crippen LogP contribution is -2.13. The number of rotatable bonds is 4. The van der Waals surface area contributed by atoms with E-state index in [2.05, 4.69) is 15.2 Å². The van der Waals surface area contributed by atoms with E-state index in [-0.39, 0.29) is 5.75 Å². The molecule has 3 aromatic rings. The van der Waals surface area contributed by atoms with Gasteiger partial charge in [-0.15, -0.1) is 0 Å². The fourth-order valence-corrected chi connectivity index (χ4v) is 2.01. The molecule has 0 spiro atoms. The molecule has 0 aliphatic rings. The van der Waals surface area contributed by atoms with E-state index >= 15 is 0 Å². The van der Waals surface area contributed by atoms with Crippen LogP contribution in [0.3, 0.4) is 0 Å². The minimum atomic E-state index is -0.396. The van der Waals surface area contributed by atoms with Crippen LogP contribution in [-0.4, -0.2) is 25.0 Å². The monoisotopic (exact) mass is 285 g/mol. The van der Waals surface area contributed by atoms with E-state index in [4.69, 9.17) is 10.3 Å². The van der Waals surface area contributed by atoms with Crippen molar-refractivity contribution in [2.45, 2.75) is 12.5 Å². The Morgan fingerprint density at radius 1 is 1.33 bits per heavy atom. The van der Waals surface area contributed by atoms with Crippen molar-refractivity contribution in [3.05, 3.63) is 48.1 Å². The molecule has 3 N–H and O–H groups in total. The van der Waals surface area contributed by atoms with Crippen molar-refractivity contribution in [1.82, 2.24) is 19.9 Å². The number of nitrogens with zero attached hydrogens (tertiary/aromatic N) is 4. The maximum absolute atomic E-state index is 9.26. The number of aromatic nitrogens is 4. The van der Waals surface area contributed by atoms with Gasteiger partial charge >= 0.3 is 0 Å². The average molecular weight is 285 g/mol. The van der Waals surface area contributed by atoms with Crippen molar-refractivity contribution in [2.24, 2.45) is 12.8 Å². The second-order valence-corrected chi connectivity index (χ2v) is 4.84. The van der Waals surface area contributed by atoms with Gasteiger partial charge in [0.05, 0.1) is 17.8 Å². The summed E-state index contributed by atoms with van der Waals surface area (Å²) in [5, 5.41) is 17.2. The Kier molecular flexibility index (Phi) is 3.41. The molecule has 7 heteroatoms. The minimum absolute atomic E-state index is 0.226. The van der Waals surface area contributed by atoms with E-state index in [0.29, 0.717) is 18.1 Å². The summed E-state index contributed by atoms with van der Waals surface area (Å²) in [7, 11) is 1.82. The van der Waals surface area contributed by atoms with Gasteiger partial charge in [-0.1, -0.05) is 17.3 Å². The summed E-state index contributed by atoms with van der Waals surface area (Å²) in [6, 6.07) is 6.47. The lowest BCUT2D eigenvalue weighted by Gasteiger charge is -2.06. The van der Waals surface area contributed by atoms with Crippen LogP contribution in [0.15, 0.2) is 41.2 Å². The van der Waals surface area contributed by atoms with Crippen LogP contribution < -0.4 is 5.73 Å². The molecule has 0 aliphatic carbocycles. The number of aryl methyl sites for hydroxylation is 1. The second kappa shape index (κ2) is 5.37. The summed E-state index contributed by atoms with van der Waals surface area (Å²) in [5.41, 5.74) is 7.85. The molecular weight excluding hydrogens is 270 g/mol. The molecule has 0 radical (unpaired) electrons. The molecule has 1 aromatic carbocycles. The zero-order valence-electron chi connectivity index (χ0n) is 11.5. The highest BCUT2D eigenvalue weighted by Crippen LogP contribution is 2.20. The van der Waals surface area contributed by atoms with Crippen LogP contribution in [-0.2, 0) is 13.5 Å². The van der Waals surface area contributed by atoms with E-state index in [1.54, 1.807) is 29.2 Å². The smallest absolute Gasteiger partial charge is 0.244 e. The number of hydrogen-bond donors (Lipinski definition) is 2. The zero-order chi connectivity index (χ0) is 14.8. The summed E-state index contributed by atoms with van der Waals surface area (Å²) in [5.74, 6) is 1.07. The van der Waals surface area contributed by atoms with Crippen molar-refractivity contribution in [3.8, 4) is 17.1 Å². The van der Waals surface area contributed by atoms with Gasteiger partial charge in [-0.3, -0.25) is 4.68 Å². The van der Waals surface area contributed by atoms with Gasteiger partial charge in [-0.2, -0.15) is 10.1 Å². The van der Waals surface area contributed by atoms with Gasteiger partial charge < -0.3 is 15.4 Å². The fourth-order valence-electron chi connectivity index (χ4n) is 2.01. The predicted octanol–water partition coefficient (Wildman–Crippen LogP) is 1.42. The van der Waals surface area contributed by atoms with Gasteiger partial charge in [-0.25, -0.2) is 0 Å². The Morgan fingerprint density at radius 2 is 2.10 bits per heavy atom. The van der Waals surface area contributed by atoms with Gasteiger partial charge in [0.1, 0.15) is 5.75 Å². The number of phenols is 1. The highest BCUT2D eigenvalue weighted by molar-refractivity contribution is 5.51. The SMILES string of the molecule is Cn1cc(-c2noc(C(N)Cc3ccc(O)cc3)n2)cn1. The zero-order valence-corrected chi connectivity index (χ0v) is 11.5. The maximum Gasteiger partial charge on any atom is 0.244 e. The van der Waals surface area contributed by atoms with Gasteiger partial charge in [0.15, 0.2) is 0 Å². The van der Waals surface area contributed by atoms with E-state index in [9.17, 15) is 5.11 Å². The summed E-state index contributed by atoms with van der Waals surface area (Å²) in [6.45, 7) is 0. The van der Waals surface area contributed by atoms with Crippen molar-refractivity contribution in [2.75, 3.05) is 0 Å². The standard InChI is InChI=1S/C14H15N5O2/c1-19-8-10(7-16-19)13-17-14(21-18-13)12(15)6-9-2-4-11(20)5-3-9/h2-5,7-8,12,20H,6,15H2,1H3. The molecule has 0 saturated carbocycles. The van der Waals surface area contributed by atoms with E-state index in [1.165, 1.54) is 0 Å². The number of hydrogen-bond acceptors (Lipinski definition) is 6. The quantitative estimate of drug-likeness (QED) is 0.751. The first-order chi connectivity index (χ1) is 10.1. The maximum atomic E-state index is 9.26. The lowest BCUT2D eigenvalue weighted by atomic mass is 10.1. The van der Waals surface area contributed by atoms with Crippen LogP contribution in [0.25, 0.3) is 11.4 Å². The van der Waals surface area contributed by atoms with Crippen molar-refractivity contribution < 1.29 is 9.63 Å². The summed E-state index contributed by atoms with van der Waals surface area (Å²) in [4.78, 5) is 4.30. The van der Waals surface area contributed by atoms with Crippen LogP contribution in [0.2, 0.25) is 0 Å². The Labute approximate surface area is 121 Å². The third kappa shape index (κ3) is 2.92. The fraction of sp³-hybridized carbons (Fsp3) is 0.214. The highest BCUT2D eigenvalue weighted by Gasteiger charge is 2.17. The summed E-state index contributed by atoms with van der Waals surface area (Å²) >= 11 is 0. The molecule has 1 atom stereocenters. The van der Waals surface area contributed by atoms with Crippen molar-refractivity contribution >= 4 is 0 Å².